The van der Waals surface area contributed by atoms with Crippen molar-refractivity contribution >= 4 is 11.8 Å². The fraction of sp³-hybridized carbons (Fsp3) is 0.423. The lowest BCUT2D eigenvalue weighted by atomic mass is 9.80. The molecule has 1 heterocycles. The first kappa shape index (κ1) is 24.7. The number of carbonyl (C=O) groups excluding carboxylic acids is 2. The fourth-order valence-corrected chi connectivity index (χ4v) is 4.92. The van der Waals surface area contributed by atoms with Crippen LogP contribution < -0.4 is 10.6 Å². The van der Waals surface area contributed by atoms with Crippen LogP contribution in [0.15, 0.2) is 48.5 Å². The molecular formula is C26H27F3N4O2. The number of alkyl halides is 3. The van der Waals surface area contributed by atoms with Crippen molar-refractivity contribution in [3.63, 3.8) is 0 Å². The normalized spacial score (nSPS) is 21.0. The van der Waals surface area contributed by atoms with Crippen molar-refractivity contribution in [2.75, 3.05) is 19.6 Å². The summed E-state index contributed by atoms with van der Waals surface area (Å²) in [5.74, 6) is -0.619. The number of hydrogen-bond donors (Lipinski definition) is 2. The van der Waals surface area contributed by atoms with Crippen molar-refractivity contribution in [1.82, 2.24) is 15.5 Å². The molecule has 2 amide bonds. The third-order valence-corrected chi connectivity index (χ3v) is 6.84. The minimum atomic E-state index is -4.54. The van der Waals surface area contributed by atoms with Gasteiger partial charge in [-0.05, 0) is 67.5 Å². The maximum atomic E-state index is 12.8. The van der Waals surface area contributed by atoms with Gasteiger partial charge in [0.1, 0.15) is 0 Å². The van der Waals surface area contributed by atoms with Gasteiger partial charge in [0.2, 0.25) is 5.91 Å². The number of nitrogens with one attached hydrogen (secondary N) is 2. The molecule has 0 atom stereocenters. The summed E-state index contributed by atoms with van der Waals surface area (Å²) in [6, 6.07) is 14.6. The number of likely N-dealkylation sites (tertiary alicyclic amines) is 1. The molecule has 2 aliphatic rings. The van der Waals surface area contributed by atoms with Crippen molar-refractivity contribution in [2.45, 2.75) is 49.9 Å². The number of nitriles is 1. The predicted octanol–water partition coefficient (Wildman–Crippen LogP) is 3.83. The maximum absolute atomic E-state index is 12.8. The minimum absolute atomic E-state index is 0.00186. The SMILES string of the molecule is N#Cc1cccc(C2CCC(N3CC(NC(=O)CNC(=O)c4cccc(C(F)(F)F)c4)C3)CC2)c1. The van der Waals surface area contributed by atoms with Crippen LogP contribution in [0.3, 0.4) is 0 Å². The fourth-order valence-electron chi connectivity index (χ4n) is 4.92. The summed E-state index contributed by atoms with van der Waals surface area (Å²) in [5.41, 5.74) is 0.867. The first-order valence-electron chi connectivity index (χ1n) is 11.7. The second-order valence-corrected chi connectivity index (χ2v) is 9.22. The van der Waals surface area contributed by atoms with Gasteiger partial charge < -0.3 is 10.6 Å². The van der Waals surface area contributed by atoms with Crippen LogP contribution in [0.25, 0.3) is 0 Å². The molecule has 0 unspecified atom stereocenters. The van der Waals surface area contributed by atoms with E-state index in [2.05, 4.69) is 27.7 Å². The Kier molecular flexibility index (Phi) is 7.41. The molecule has 2 aromatic rings. The van der Waals surface area contributed by atoms with Crippen LogP contribution in [0, 0.1) is 11.3 Å². The zero-order valence-electron chi connectivity index (χ0n) is 19.1. The van der Waals surface area contributed by atoms with E-state index in [0.29, 0.717) is 17.5 Å². The number of nitrogens with zero attached hydrogens (tertiary/aromatic N) is 2. The van der Waals surface area contributed by atoms with Gasteiger partial charge in [-0.2, -0.15) is 18.4 Å². The molecule has 2 aromatic carbocycles. The second-order valence-electron chi connectivity index (χ2n) is 9.22. The third kappa shape index (κ3) is 6.20. The van der Waals surface area contributed by atoms with E-state index in [1.54, 1.807) is 0 Å². The van der Waals surface area contributed by atoms with Gasteiger partial charge in [-0.1, -0.05) is 18.2 Å². The molecule has 6 nitrogen and oxygen atoms in total. The van der Waals surface area contributed by atoms with Crippen molar-refractivity contribution < 1.29 is 22.8 Å². The monoisotopic (exact) mass is 484 g/mol. The Bertz CT molecular complexity index is 1110. The van der Waals surface area contributed by atoms with Crippen molar-refractivity contribution in [3.05, 3.63) is 70.8 Å². The van der Waals surface area contributed by atoms with Gasteiger partial charge in [-0.25, -0.2) is 0 Å². The summed E-state index contributed by atoms with van der Waals surface area (Å²) in [7, 11) is 0. The summed E-state index contributed by atoms with van der Waals surface area (Å²) in [6.45, 7) is 1.19. The predicted molar refractivity (Wildman–Crippen MR) is 123 cm³/mol. The van der Waals surface area contributed by atoms with Crippen LogP contribution in [0.4, 0.5) is 13.2 Å². The van der Waals surface area contributed by atoms with E-state index in [-0.39, 0.29) is 24.1 Å². The molecule has 1 saturated carbocycles. The molecule has 1 saturated heterocycles. The van der Waals surface area contributed by atoms with Crippen LogP contribution in [0.1, 0.15) is 58.6 Å². The lowest BCUT2D eigenvalue weighted by Crippen LogP contribution is -2.63. The van der Waals surface area contributed by atoms with E-state index >= 15 is 0 Å². The summed E-state index contributed by atoms with van der Waals surface area (Å²) in [5, 5.41) is 14.4. The molecule has 1 aliphatic heterocycles. The zero-order chi connectivity index (χ0) is 25.0. The molecule has 1 aliphatic carbocycles. The highest BCUT2D eigenvalue weighted by molar-refractivity contribution is 5.96. The average molecular weight is 485 g/mol. The molecule has 0 radical (unpaired) electrons. The van der Waals surface area contributed by atoms with Crippen molar-refractivity contribution in [1.29, 1.82) is 5.26 Å². The molecule has 0 bridgehead atoms. The van der Waals surface area contributed by atoms with Gasteiger partial charge >= 0.3 is 6.18 Å². The summed E-state index contributed by atoms with van der Waals surface area (Å²) >= 11 is 0. The number of amides is 2. The smallest absolute Gasteiger partial charge is 0.349 e. The van der Waals surface area contributed by atoms with E-state index in [1.807, 2.05) is 18.2 Å². The van der Waals surface area contributed by atoms with Gasteiger partial charge in [0.05, 0.1) is 29.8 Å². The molecule has 2 fully saturated rings. The maximum Gasteiger partial charge on any atom is 0.416 e. The van der Waals surface area contributed by atoms with E-state index in [1.165, 1.54) is 11.6 Å². The van der Waals surface area contributed by atoms with Crippen molar-refractivity contribution in [3.8, 4) is 6.07 Å². The molecule has 9 heteroatoms. The molecular weight excluding hydrogens is 457 g/mol. The van der Waals surface area contributed by atoms with Gasteiger partial charge in [0.15, 0.2) is 0 Å². The minimum Gasteiger partial charge on any atom is -0.349 e. The Morgan fingerprint density at radius 2 is 1.74 bits per heavy atom. The molecule has 35 heavy (non-hydrogen) atoms. The largest absolute Gasteiger partial charge is 0.416 e. The standard InChI is InChI=1S/C26H27F3N4O2/c27-26(28,29)21-6-2-5-20(12-21)25(35)31-14-24(34)32-22-15-33(16-22)23-9-7-18(8-10-23)19-4-1-3-17(11-19)13-30/h1-6,11-12,18,22-23H,7-10,14-16H2,(H,31,35)(H,32,34). The van der Waals surface area contributed by atoms with Gasteiger partial charge in [-0.3, -0.25) is 14.5 Å². The van der Waals surface area contributed by atoms with Crippen LogP contribution in [-0.2, 0) is 11.0 Å². The van der Waals surface area contributed by atoms with Crippen LogP contribution >= 0.6 is 0 Å². The summed E-state index contributed by atoms with van der Waals surface area (Å²) < 4.78 is 38.4. The highest BCUT2D eigenvalue weighted by Gasteiger charge is 2.35. The first-order chi connectivity index (χ1) is 16.7. The second kappa shape index (κ2) is 10.5. The molecule has 4 rings (SSSR count). The Hall–Kier alpha value is -3.38. The number of benzene rings is 2. The van der Waals surface area contributed by atoms with Crippen LogP contribution in [0.2, 0.25) is 0 Å². The molecule has 0 spiro atoms. The Morgan fingerprint density at radius 3 is 2.43 bits per heavy atom. The first-order valence-corrected chi connectivity index (χ1v) is 11.7. The summed E-state index contributed by atoms with van der Waals surface area (Å²) in [4.78, 5) is 26.7. The third-order valence-electron chi connectivity index (χ3n) is 6.84. The van der Waals surface area contributed by atoms with Crippen LogP contribution in [-0.4, -0.2) is 48.4 Å². The number of hydrogen-bond acceptors (Lipinski definition) is 4. The van der Waals surface area contributed by atoms with E-state index in [4.69, 9.17) is 5.26 Å². The number of halogens is 3. The average Bonchev–Trinajstić information content (AvgIpc) is 2.84. The molecule has 0 aromatic heterocycles. The van der Waals surface area contributed by atoms with Gasteiger partial charge in [0.25, 0.3) is 5.91 Å². The Labute approximate surface area is 202 Å². The highest BCUT2D eigenvalue weighted by atomic mass is 19.4. The quantitative estimate of drug-likeness (QED) is 0.653. The number of carbonyl (C=O) groups is 2. The van der Waals surface area contributed by atoms with Crippen molar-refractivity contribution in [2.24, 2.45) is 0 Å². The number of rotatable bonds is 6. The van der Waals surface area contributed by atoms with E-state index in [9.17, 15) is 22.8 Å². The molecule has 2 N–H and O–H groups in total. The lowest BCUT2D eigenvalue weighted by Gasteiger charge is -2.46. The lowest BCUT2D eigenvalue weighted by molar-refractivity contribution is -0.137. The van der Waals surface area contributed by atoms with Gasteiger partial charge in [-0.15, -0.1) is 0 Å². The Morgan fingerprint density at radius 1 is 1.03 bits per heavy atom. The van der Waals surface area contributed by atoms with E-state index in [0.717, 1.165) is 57.0 Å². The molecule has 184 valence electrons. The van der Waals surface area contributed by atoms with Gasteiger partial charge in [0, 0.05) is 24.7 Å². The highest BCUT2D eigenvalue weighted by Crippen LogP contribution is 2.36. The topological polar surface area (TPSA) is 85.2 Å². The summed E-state index contributed by atoms with van der Waals surface area (Å²) in [6.07, 6.45) is -0.279. The zero-order valence-corrected chi connectivity index (χ0v) is 19.1. The van der Waals surface area contributed by atoms with E-state index < -0.39 is 17.6 Å². The Balaban J connectivity index is 1.16. The van der Waals surface area contributed by atoms with Crippen LogP contribution in [0.5, 0.6) is 0 Å².